The highest BCUT2D eigenvalue weighted by Gasteiger charge is 2.73. The van der Waals surface area contributed by atoms with E-state index in [1.54, 1.807) is 13.0 Å². The second-order valence-corrected chi connectivity index (χ2v) is 13.7. The number of hydrogen-bond acceptors (Lipinski definition) is 9. The van der Waals surface area contributed by atoms with Gasteiger partial charge in [-0.05, 0) is 43.4 Å². The molecule has 2 N–H and O–H groups in total. The quantitative estimate of drug-likeness (QED) is 0.226. The van der Waals surface area contributed by atoms with E-state index in [0.717, 1.165) is 16.7 Å². The van der Waals surface area contributed by atoms with Crippen LogP contribution in [0.1, 0.15) is 42.9 Å². The smallest absolute Gasteiger partial charge is 0.342 e. The highest BCUT2D eigenvalue weighted by Crippen LogP contribution is 2.65. The largest absolute Gasteiger partial charge is 0.477 e. The Morgan fingerprint density at radius 2 is 2.07 bits per heavy atom. The van der Waals surface area contributed by atoms with Crippen molar-refractivity contribution in [1.82, 2.24) is 9.99 Å². The van der Waals surface area contributed by atoms with Gasteiger partial charge in [0.2, 0.25) is 0 Å². The van der Waals surface area contributed by atoms with Crippen LogP contribution in [0.4, 0.5) is 0 Å². The van der Waals surface area contributed by atoms with Gasteiger partial charge in [-0.1, -0.05) is 42.5 Å². The van der Waals surface area contributed by atoms with Crippen molar-refractivity contribution in [2.75, 3.05) is 26.5 Å². The second-order valence-electron chi connectivity index (χ2n) is 11.7. The van der Waals surface area contributed by atoms with E-state index in [0.29, 0.717) is 38.1 Å². The van der Waals surface area contributed by atoms with Crippen molar-refractivity contribution in [2.45, 2.75) is 68.4 Å². The van der Waals surface area contributed by atoms with Crippen molar-refractivity contribution < 1.29 is 38.0 Å². The normalized spacial score (nSPS) is 29.5. The van der Waals surface area contributed by atoms with Crippen LogP contribution in [-0.2, 0) is 42.1 Å². The Bertz CT molecular complexity index is 1450. The van der Waals surface area contributed by atoms with Gasteiger partial charge < -0.3 is 23.8 Å². The van der Waals surface area contributed by atoms with Gasteiger partial charge in [0.15, 0.2) is 23.4 Å². The topological polar surface area (TPSA) is 124 Å². The lowest BCUT2D eigenvalue weighted by Crippen LogP contribution is -2.76. The standard InChI is InChI=1S/C31H37N2O8P/c1-4-15-33-16-14-30-26-22-10-11-24(27(26)40-28(30)23(34)12-13-31(30,36)25(33)17-22)41-42(37,19-38-3)32-20(2)29(35)39-18-21-8-6-5-7-9-21/h4-11,20,25,28,36H,1,12-19H2,2-3H3,(H,32,37)/t20-,25+,28-,30-,31+,42?/m0/s1. The number of likely N-dealkylation sites (tertiary alicyclic amines) is 1. The maximum atomic E-state index is 14.1. The summed E-state index contributed by atoms with van der Waals surface area (Å²) in [6, 6.07) is 11.7. The molecule has 1 saturated carbocycles. The minimum absolute atomic E-state index is 0.0569. The summed E-state index contributed by atoms with van der Waals surface area (Å²) in [5.41, 5.74) is 0.492. The number of benzene rings is 2. The molecule has 2 aliphatic carbocycles. The lowest BCUT2D eigenvalue weighted by Gasteiger charge is -2.62. The fourth-order valence-corrected chi connectivity index (χ4v) is 9.16. The molecule has 2 fully saturated rings. The first-order valence-corrected chi connectivity index (χ1v) is 16.2. The number of ether oxygens (including phenoxy) is 3. The van der Waals surface area contributed by atoms with Crippen molar-refractivity contribution in [3.8, 4) is 11.5 Å². The molecule has 0 radical (unpaired) electrons. The molecule has 1 spiro atoms. The molecule has 4 aliphatic rings. The maximum absolute atomic E-state index is 14.1. The number of nitrogens with one attached hydrogen (secondary N) is 1. The molecule has 10 nitrogen and oxygen atoms in total. The van der Waals surface area contributed by atoms with Gasteiger partial charge in [0.25, 0.3) is 0 Å². The van der Waals surface area contributed by atoms with Gasteiger partial charge in [-0.15, -0.1) is 6.58 Å². The number of aliphatic hydroxyl groups is 1. The van der Waals surface area contributed by atoms with E-state index in [4.69, 9.17) is 18.7 Å². The average Bonchev–Trinajstić information content (AvgIpc) is 3.33. The summed E-state index contributed by atoms with van der Waals surface area (Å²) in [6.07, 6.45) is 2.34. The van der Waals surface area contributed by atoms with Crippen LogP contribution in [-0.4, -0.2) is 72.1 Å². The summed E-state index contributed by atoms with van der Waals surface area (Å²) in [7, 11) is -2.44. The lowest BCUT2D eigenvalue weighted by atomic mass is 9.49. The van der Waals surface area contributed by atoms with Crippen LogP contribution in [0.15, 0.2) is 55.1 Å². The number of carbonyl (C=O) groups is 2. The van der Waals surface area contributed by atoms with Crippen LogP contribution in [0, 0.1) is 0 Å². The molecule has 2 aliphatic heterocycles. The number of rotatable bonds is 11. The number of Topliss-reactive ketones (excluding diaryl/α,β-unsaturated/α-hetero) is 1. The summed E-state index contributed by atoms with van der Waals surface area (Å²) in [5, 5.41) is 15.2. The van der Waals surface area contributed by atoms with Crippen LogP contribution in [0.5, 0.6) is 11.5 Å². The molecule has 6 atom stereocenters. The third-order valence-electron chi connectivity index (χ3n) is 9.23. The van der Waals surface area contributed by atoms with Gasteiger partial charge in [0, 0.05) is 38.2 Å². The zero-order chi connectivity index (χ0) is 29.7. The van der Waals surface area contributed by atoms with E-state index < -0.39 is 36.7 Å². The Hall–Kier alpha value is -3.01. The molecule has 2 aromatic rings. The Morgan fingerprint density at radius 1 is 1.29 bits per heavy atom. The molecule has 2 heterocycles. The van der Waals surface area contributed by atoms with Gasteiger partial charge in [0.1, 0.15) is 19.0 Å². The number of esters is 1. The molecule has 42 heavy (non-hydrogen) atoms. The fourth-order valence-electron chi connectivity index (χ4n) is 7.48. The molecular weight excluding hydrogens is 559 g/mol. The van der Waals surface area contributed by atoms with E-state index in [9.17, 15) is 19.3 Å². The van der Waals surface area contributed by atoms with Crippen LogP contribution < -0.4 is 14.3 Å². The van der Waals surface area contributed by atoms with Crippen molar-refractivity contribution in [3.63, 3.8) is 0 Å². The Morgan fingerprint density at radius 3 is 2.81 bits per heavy atom. The summed E-state index contributed by atoms with van der Waals surface area (Å²) in [5.74, 6) is -0.141. The summed E-state index contributed by atoms with van der Waals surface area (Å²) < 4.78 is 37.2. The molecule has 224 valence electrons. The fraction of sp³-hybridized carbons (Fsp3) is 0.484. The van der Waals surface area contributed by atoms with Crippen molar-refractivity contribution in [1.29, 1.82) is 0 Å². The van der Waals surface area contributed by atoms with Crippen molar-refractivity contribution in [3.05, 3.63) is 71.8 Å². The Kier molecular flexibility index (Phi) is 7.56. The molecule has 0 amide bonds. The van der Waals surface area contributed by atoms with Crippen LogP contribution >= 0.6 is 7.52 Å². The molecule has 0 aromatic heterocycles. The number of carbonyl (C=O) groups excluding carboxylic acids is 2. The first kappa shape index (κ1) is 29.1. The van der Waals surface area contributed by atoms with Gasteiger partial charge in [0.05, 0.1) is 11.0 Å². The highest BCUT2D eigenvalue weighted by molar-refractivity contribution is 7.57. The van der Waals surface area contributed by atoms with Gasteiger partial charge in [-0.25, -0.2) is 5.09 Å². The van der Waals surface area contributed by atoms with Crippen LogP contribution in [0.3, 0.4) is 0 Å². The number of ketones is 1. The zero-order valence-electron chi connectivity index (χ0n) is 23.9. The third kappa shape index (κ3) is 4.52. The predicted molar refractivity (Wildman–Crippen MR) is 155 cm³/mol. The third-order valence-corrected chi connectivity index (χ3v) is 11.1. The lowest BCUT2D eigenvalue weighted by molar-refractivity contribution is -0.187. The van der Waals surface area contributed by atoms with Gasteiger partial charge >= 0.3 is 13.5 Å². The first-order valence-electron chi connectivity index (χ1n) is 14.3. The number of methoxy groups -OCH3 is 1. The average molecular weight is 597 g/mol. The number of hydrogen-bond donors (Lipinski definition) is 2. The zero-order valence-corrected chi connectivity index (χ0v) is 24.8. The Labute approximate surface area is 245 Å². The molecular formula is C31H37N2O8P. The summed E-state index contributed by atoms with van der Waals surface area (Å²) >= 11 is 0. The maximum Gasteiger partial charge on any atom is 0.342 e. The van der Waals surface area contributed by atoms with Gasteiger partial charge in [-0.2, -0.15) is 0 Å². The van der Waals surface area contributed by atoms with Crippen LogP contribution in [0.2, 0.25) is 0 Å². The summed E-state index contributed by atoms with van der Waals surface area (Å²) in [6.45, 7) is 6.84. The molecule has 11 heteroatoms. The monoisotopic (exact) mass is 596 g/mol. The first-order chi connectivity index (χ1) is 20.2. The molecule has 6 rings (SSSR count). The van der Waals surface area contributed by atoms with E-state index >= 15 is 0 Å². The van der Waals surface area contributed by atoms with E-state index in [1.165, 1.54) is 7.11 Å². The molecule has 2 bridgehead atoms. The van der Waals surface area contributed by atoms with E-state index in [2.05, 4.69) is 16.6 Å². The minimum atomic E-state index is -3.83. The molecule has 1 unspecified atom stereocenters. The Balaban J connectivity index is 1.30. The molecule has 1 saturated heterocycles. The molecule has 2 aromatic carbocycles. The van der Waals surface area contributed by atoms with Crippen LogP contribution in [0.25, 0.3) is 0 Å². The number of piperidine rings is 1. The van der Waals surface area contributed by atoms with E-state index in [1.807, 2.05) is 42.5 Å². The predicted octanol–water partition coefficient (Wildman–Crippen LogP) is 3.49. The summed E-state index contributed by atoms with van der Waals surface area (Å²) in [4.78, 5) is 28.3. The van der Waals surface area contributed by atoms with Crippen molar-refractivity contribution in [2.24, 2.45) is 0 Å². The van der Waals surface area contributed by atoms with Crippen molar-refractivity contribution >= 4 is 19.3 Å². The van der Waals surface area contributed by atoms with E-state index in [-0.39, 0.29) is 37.0 Å². The second kappa shape index (κ2) is 10.9. The van der Waals surface area contributed by atoms with Gasteiger partial charge in [-0.3, -0.25) is 19.1 Å². The SMILES string of the molecule is C=CCN1CC[C@]23c4c5ccc(OP(=O)(COC)N[C@@H](C)C(=O)OCc6ccccc6)c4O[C@H]2C(=O)CC[C@@]3(O)[C@H]1C5. The minimum Gasteiger partial charge on any atom is -0.477 e. The number of nitrogens with zero attached hydrogens (tertiary/aromatic N) is 1. The highest BCUT2D eigenvalue weighted by atomic mass is 31.2.